The van der Waals surface area contributed by atoms with Gasteiger partial charge in [-0.1, -0.05) is 30.9 Å². The molecule has 1 aliphatic rings. The molecule has 3 amide bonds. The Bertz CT molecular complexity index is 645. The normalized spacial score (nSPS) is 14.6. The molecule has 0 saturated heterocycles. The van der Waals surface area contributed by atoms with Crippen LogP contribution < -0.4 is 21.7 Å². The summed E-state index contributed by atoms with van der Waals surface area (Å²) in [6.45, 7) is -0.373. The highest BCUT2D eigenvalue weighted by atomic mass is 35.5. The van der Waals surface area contributed by atoms with E-state index >= 15 is 0 Å². The van der Waals surface area contributed by atoms with E-state index in [9.17, 15) is 14.4 Å². The molecular formula is C17H23ClN4O3. The molecule has 0 heterocycles. The van der Waals surface area contributed by atoms with Crippen LogP contribution in [-0.4, -0.2) is 36.9 Å². The van der Waals surface area contributed by atoms with Gasteiger partial charge in [0.2, 0.25) is 11.8 Å². The third-order valence-electron chi connectivity index (χ3n) is 4.07. The summed E-state index contributed by atoms with van der Waals surface area (Å²) in [6.07, 6.45) is 5.38. The fourth-order valence-electron chi connectivity index (χ4n) is 2.74. The molecule has 2 rings (SSSR count). The van der Waals surface area contributed by atoms with Gasteiger partial charge in [0.1, 0.15) is 0 Å². The third-order valence-corrected chi connectivity index (χ3v) is 4.40. The lowest BCUT2D eigenvalue weighted by Crippen LogP contribution is -2.37. The van der Waals surface area contributed by atoms with Gasteiger partial charge in [0.25, 0.3) is 5.91 Å². The molecule has 0 bridgehead atoms. The summed E-state index contributed by atoms with van der Waals surface area (Å²) in [7, 11) is 0. The lowest BCUT2D eigenvalue weighted by atomic mass is 9.95. The van der Waals surface area contributed by atoms with Gasteiger partial charge < -0.3 is 21.7 Å². The summed E-state index contributed by atoms with van der Waals surface area (Å²) >= 11 is 6.12. The summed E-state index contributed by atoms with van der Waals surface area (Å²) in [5, 5.41) is 8.31. The van der Waals surface area contributed by atoms with E-state index in [1.54, 1.807) is 12.1 Å². The van der Waals surface area contributed by atoms with Crippen molar-refractivity contribution in [2.75, 3.05) is 18.4 Å². The second kappa shape index (κ2) is 9.39. The number of hydrogen-bond acceptors (Lipinski definition) is 4. The molecule has 25 heavy (non-hydrogen) atoms. The Morgan fingerprint density at radius 3 is 2.52 bits per heavy atom. The Morgan fingerprint density at radius 2 is 1.84 bits per heavy atom. The first-order chi connectivity index (χ1) is 12.0. The summed E-state index contributed by atoms with van der Waals surface area (Å²) in [4.78, 5) is 35.3. The molecule has 1 fully saturated rings. The monoisotopic (exact) mass is 366 g/mol. The van der Waals surface area contributed by atoms with E-state index in [-0.39, 0.29) is 25.0 Å². The predicted octanol–water partition coefficient (Wildman–Crippen LogP) is 1.42. The van der Waals surface area contributed by atoms with Crippen molar-refractivity contribution < 1.29 is 14.4 Å². The number of carbonyl (C=O) groups is 3. The largest absolute Gasteiger partial charge is 0.349 e. The Labute approximate surface area is 151 Å². The Hall–Kier alpha value is -2.12. The maximum absolute atomic E-state index is 12.4. The first-order valence-corrected chi connectivity index (χ1v) is 8.74. The average Bonchev–Trinajstić information content (AvgIpc) is 2.62. The maximum Gasteiger partial charge on any atom is 0.253 e. The first-order valence-electron chi connectivity index (χ1n) is 8.36. The van der Waals surface area contributed by atoms with Crippen molar-refractivity contribution in [2.24, 2.45) is 5.73 Å². The molecule has 0 spiro atoms. The fraction of sp³-hybridized carbons (Fsp3) is 0.471. The number of amides is 3. The zero-order valence-corrected chi connectivity index (χ0v) is 14.7. The van der Waals surface area contributed by atoms with Crippen LogP contribution in [0, 0.1) is 0 Å². The van der Waals surface area contributed by atoms with E-state index in [0.717, 1.165) is 25.7 Å². The van der Waals surface area contributed by atoms with Crippen LogP contribution in [0.5, 0.6) is 0 Å². The SMILES string of the molecule is NCC(=O)NCC(=O)Nc1ccc(Cl)c(C(=O)NC2CCCCC2)c1. The summed E-state index contributed by atoms with van der Waals surface area (Å²) in [5.74, 6) is -1.08. The minimum absolute atomic E-state index is 0.169. The molecule has 5 N–H and O–H groups in total. The Morgan fingerprint density at radius 1 is 1.12 bits per heavy atom. The van der Waals surface area contributed by atoms with Gasteiger partial charge in [0.05, 0.1) is 23.7 Å². The smallest absolute Gasteiger partial charge is 0.253 e. The Balaban J connectivity index is 1.97. The average molecular weight is 367 g/mol. The second-order valence-electron chi connectivity index (χ2n) is 6.03. The molecule has 0 atom stereocenters. The van der Waals surface area contributed by atoms with Gasteiger partial charge >= 0.3 is 0 Å². The zero-order valence-electron chi connectivity index (χ0n) is 13.9. The zero-order chi connectivity index (χ0) is 18.2. The number of rotatable bonds is 6. The van der Waals surface area contributed by atoms with Crippen molar-refractivity contribution in [1.82, 2.24) is 10.6 Å². The van der Waals surface area contributed by atoms with Crippen LogP contribution in [0.15, 0.2) is 18.2 Å². The number of hydrogen-bond donors (Lipinski definition) is 4. The highest BCUT2D eigenvalue weighted by Crippen LogP contribution is 2.22. The van der Waals surface area contributed by atoms with Crippen molar-refractivity contribution >= 4 is 35.0 Å². The van der Waals surface area contributed by atoms with Crippen molar-refractivity contribution in [3.63, 3.8) is 0 Å². The van der Waals surface area contributed by atoms with E-state index in [1.807, 2.05) is 0 Å². The minimum atomic E-state index is -0.418. The quantitative estimate of drug-likeness (QED) is 0.609. The van der Waals surface area contributed by atoms with Crippen LogP contribution in [0.25, 0.3) is 0 Å². The van der Waals surface area contributed by atoms with Crippen LogP contribution >= 0.6 is 11.6 Å². The van der Waals surface area contributed by atoms with E-state index < -0.39 is 11.8 Å². The molecular weight excluding hydrogens is 344 g/mol. The predicted molar refractivity (Wildman–Crippen MR) is 96.5 cm³/mol. The standard InChI is InChI=1S/C17H23ClN4O3/c18-14-7-6-12(21-16(24)10-20-15(23)9-19)8-13(14)17(25)22-11-4-2-1-3-5-11/h6-8,11H,1-5,9-10,19H2,(H,20,23)(H,21,24)(H,22,25). The van der Waals surface area contributed by atoms with Gasteiger partial charge in [-0.3, -0.25) is 14.4 Å². The molecule has 7 nitrogen and oxygen atoms in total. The fourth-order valence-corrected chi connectivity index (χ4v) is 2.95. The van der Waals surface area contributed by atoms with Crippen LogP contribution in [0.3, 0.4) is 0 Å². The van der Waals surface area contributed by atoms with E-state index in [2.05, 4.69) is 16.0 Å². The lowest BCUT2D eigenvalue weighted by molar-refractivity contribution is -0.123. The topological polar surface area (TPSA) is 113 Å². The first kappa shape index (κ1) is 19.2. The number of nitrogens with one attached hydrogen (secondary N) is 3. The summed E-state index contributed by atoms with van der Waals surface area (Å²) in [6, 6.07) is 4.86. The van der Waals surface area contributed by atoms with Crippen molar-refractivity contribution in [3.8, 4) is 0 Å². The van der Waals surface area contributed by atoms with Crippen LogP contribution in [0.1, 0.15) is 42.5 Å². The minimum Gasteiger partial charge on any atom is -0.349 e. The number of carbonyl (C=O) groups excluding carboxylic acids is 3. The van der Waals surface area contributed by atoms with Crippen molar-refractivity contribution in [3.05, 3.63) is 28.8 Å². The highest BCUT2D eigenvalue weighted by Gasteiger charge is 2.19. The van der Waals surface area contributed by atoms with Gasteiger partial charge in [0, 0.05) is 11.7 Å². The molecule has 1 aromatic carbocycles. The van der Waals surface area contributed by atoms with Crippen molar-refractivity contribution in [2.45, 2.75) is 38.1 Å². The molecule has 0 radical (unpaired) electrons. The van der Waals surface area contributed by atoms with Gasteiger partial charge in [-0.15, -0.1) is 0 Å². The van der Waals surface area contributed by atoms with Crippen LogP contribution in [0.2, 0.25) is 5.02 Å². The molecule has 1 saturated carbocycles. The molecule has 1 aromatic rings. The second-order valence-corrected chi connectivity index (χ2v) is 6.44. The lowest BCUT2D eigenvalue weighted by Gasteiger charge is -2.23. The van der Waals surface area contributed by atoms with Crippen molar-refractivity contribution in [1.29, 1.82) is 0 Å². The Kier molecular flexibility index (Phi) is 7.21. The van der Waals surface area contributed by atoms with E-state index in [4.69, 9.17) is 17.3 Å². The number of benzene rings is 1. The van der Waals surface area contributed by atoms with Gasteiger partial charge in [0.15, 0.2) is 0 Å². The highest BCUT2D eigenvalue weighted by molar-refractivity contribution is 6.34. The molecule has 1 aliphatic carbocycles. The molecule has 136 valence electrons. The van der Waals surface area contributed by atoms with E-state index in [1.165, 1.54) is 12.5 Å². The summed E-state index contributed by atoms with van der Waals surface area (Å²) in [5.41, 5.74) is 5.91. The summed E-state index contributed by atoms with van der Waals surface area (Å²) < 4.78 is 0. The third kappa shape index (κ3) is 6.03. The van der Waals surface area contributed by atoms with Gasteiger partial charge in [-0.2, -0.15) is 0 Å². The van der Waals surface area contributed by atoms with Gasteiger partial charge in [-0.05, 0) is 31.0 Å². The molecule has 0 aliphatic heterocycles. The van der Waals surface area contributed by atoms with Gasteiger partial charge in [-0.25, -0.2) is 0 Å². The number of halogens is 1. The van der Waals surface area contributed by atoms with Crippen LogP contribution in [-0.2, 0) is 9.59 Å². The molecule has 0 unspecified atom stereocenters. The number of nitrogens with two attached hydrogens (primary N) is 1. The number of anilines is 1. The maximum atomic E-state index is 12.4. The molecule has 8 heteroatoms. The molecule has 0 aromatic heterocycles. The van der Waals surface area contributed by atoms with E-state index in [0.29, 0.717) is 16.3 Å². The van der Waals surface area contributed by atoms with Crippen LogP contribution in [0.4, 0.5) is 5.69 Å².